The first-order valence-electron chi connectivity index (χ1n) is 8.02. The highest BCUT2D eigenvalue weighted by atomic mass is 32.2. The van der Waals surface area contributed by atoms with Crippen molar-refractivity contribution in [3.8, 4) is 0 Å². The van der Waals surface area contributed by atoms with Gasteiger partial charge in [0.25, 0.3) is 10.0 Å². The number of amides is 1. The average Bonchev–Trinajstić information content (AvgIpc) is 3.03. The number of carbonyl (C=O) groups excluding carboxylic acids is 1. The Kier molecular flexibility index (Phi) is 6.82. The van der Waals surface area contributed by atoms with E-state index in [1.165, 1.54) is 0 Å². The van der Waals surface area contributed by atoms with Gasteiger partial charge in [0.2, 0.25) is 5.13 Å². The number of sulfonamides is 1. The first-order chi connectivity index (χ1) is 13.0. The van der Waals surface area contributed by atoms with Crippen LogP contribution in [0.2, 0.25) is 0 Å². The van der Waals surface area contributed by atoms with E-state index in [4.69, 9.17) is 0 Å². The van der Waals surface area contributed by atoms with Crippen LogP contribution >= 0.6 is 11.3 Å². The Morgan fingerprint density at radius 1 is 1.25 bits per heavy atom. The number of hydrogen-bond acceptors (Lipinski definition) is 7. The summed E-state index contributed by atoms with van der Waals surface area (Å²) in [5.41, 5.74) is -0.367. The van der Waals surface area contributed by atoms with E-state index in [9.17, 15) is 31.5 Å². The third-order valence-corrected chi connectivity index (χ3v) is 5.83. The van der Waals surface area contributed by atoms with Crippen molar-refractivity contribution in [1.82, 2.24) is 10.2 Å². The fourth-order valence-electron chi connectivity index (χ4n) is 2.14. The van der Waals surface area contributed by atoms with Gasteiger partial charge in [0.1, 0.15) is 17.6 Å². The van der Waals surface area contributed by atoms with Crippen LogP contribution in [-0.4, -0.2) is 37.4 Å². The molecule has 1 aromatic heterocycles. The standard InChI is InChI=1S/C15H17F3N4O4S2/c1-2-3-4-12-19-20-13(27-12)21-28(25,26)11-7-5-10(6-8-11)22(14(23)24)9-15(16,17)18/h5-8H,2-4,9H2,1H3,(H,20,21)(H,23,24)/p-1. The summed E-state index contributed by atoms with van der Waals surface area (Å²) in [5.74, 6) is 0. The first kappa shape index (κ1) is 21.9. The van der Waals surface area contributed by atoms with Crippen molar-refractivity contribution in [2.75, 3.05) is 16.2 Å². The van der Waals surface area contributed by atoms with Gasteiger partial charge < -0.3 is 14.8 Å². The first-order valence-corrected chi connectivity index (χ1v) is 10.3. The molecule has 2 aromatic rings. The molecule has 0 bridgehead atoms. The van der Waals surface area contributed by atoms with Gasteiger partial charge in [0.15, 0.2) is 0 Å². The Bertz CT molecular complexity index is 914. The summed E-state index contributed by atoms with van der Waals surface area (Å²) in [5, 5.41) is 19.3. The zero-order chi connectivity index (χ0) is 20.9. The molecule has 0 fully saturated rings. The number of halogens is 3. The van der Waals surface area contributed by atoms with Crippen LogP contribution in [0.4, 0.5) is 28.8 Å². The average molecular weight is 437 g/mol. The van der Waals surface area contributed by atoms with Gasteiger partial charge in [-0.05, 0) is 30.7 Å². The fraction of sp³-hybridized carbons (Fsp3) is 0.400. The fourth-order valence-corrected chi connectivity index (χ4v) is 4.16. The summed E-state index contributed by atoms with van der Waals surface area (Å²) in [6.45, 7) is 0.232. The quantitative estimate of drug-likeness (QED) is 0.678. The van der Waals surface area contributed by atoms with Crippen molar-refractivity contribution in [2.45, 2.75) is 37.3 Å². The van der Waals surface area contributed by atoms with E-state index >= 15 is 0 Å². The number of alkyl halides is 3. The highest BCUT2D eigenvalue weighted by Crippen LogP contribution is 2.25. The largest absolute Gasteiger partial charge is 0.530 e. The van der Waals surface area contributed by atoms with Gasteiger partial charge in [0, 0.05) is 12.1 Å². The normalized spacial score (nSPS) is 12.0. The second kappa shape index (κ2) is 8.73. The molecular formula is C15H16F3N4O4S2-. The highest BCUT2D eigenvalue weighted by Gasteiger charge is 2.31. The lowest BCUT2D eigenvalue weighted by Gasteiger charge is -2.26. The minimum atomic E-state index is -4.78. The summed E-state index contributed by atoms with van der Waals surface area (Å²) in [6, 6.07) is 3.87. The minimum absolute atomic E-state index is 0.0332. The number of nitrogens with zero attached hydrogens (tertiary/aromatic N) is 3. The van der Waals surface area contributed by atoms with E-state index < -0.39 is 28.8 Å². The number of unbranched alkanes of at least 4 members (excludes halogenated alkanes) is 1. The van der Waals surface area contributed by atoms with Gasteiger partial charge in [-0.2, -0.15) is 13.2 Å². The van der Waals surface area contributed by atoms with Crippen LogP contribution in [0.1, 0.15) is 24.8 Å². The maximum atomic E-state index is 12.5. The molecule has 0 aliphatic carbocycles. The number of aryl methyl sites for hydroxylation is 1. The molecule has 0 aliphatic heterocycles. The third kappa shape index (κ3) is 6.05. The van der Waals surface area contributed by atoms with Gasteiger partial charge in [-0.25, -0.2) is 8.42 Å². The molecule has 0 unspecified atom stereocenters. The molecule has 8 nitrogen and oxygen atoms in total. The van der Waals surface area contributed by atoms with E-state index in [0.717, 1.165) is 48.4 Å². The summed E-state index contributed by atoms with van der Waals surface area (Å²) in [4.78, 5) is 10.6. The molecule has 0 spiro atoms. The molecule has 0 atom stereocenters. The van der Waals surface area contributed by atoms with E-state index in [-0.39, 0.29) is 20.6 Å². The van der Waals surface area contributed by atoms with Crippen LogP contribution in [0.5, 0.6) is 0 Å². The van der Waals surface area contributed by atoms with Crippen molar-refractivity contribution in [3.05, 3.63) is 29.3 Å². The lowest BCUT2D eigenvalue weighted by molar-refractivity contribution is -0.248. The van der Waals surface area contributed by atoms with E-state index in [2.05, 4.69) is 14.9 Å². The summed E-state index contributed by atoms with van der Waals surface area (Å²) in [7, 11) is -4.06. The van der Waals surface area contributed by atoms with Gasteiger partial charge in [-0.15, -0.1) is 10.2 Å². The van der Waals surface area contributed by atoms with Gasteiger partial charge in [-0.3, -0.25) is 4.72 Å². The van der Waals surface area contributed by atoms with Crippen LogP contribution in [0.15, 0.2) is 29.2 Å². The van der Waals surface area contributed by atoms with Crippen LogP contribution < -0.4 is 14.7 Å². The molecule has 13 heteroatoms. The van der Waals surface area contributed by atoms with Crippen molar-refractivity contribution >= 4 is 38.3 Å². The zero-order valence-corrected chi connectivity index (χ0v) is 16.2. The maximum absolute atomic E-state index is 12.5. The second-order valence-corrected chi connectivity index (χ2v) is 8.42. The van der Waals surface area contributed by atoms with E-state index in [0.29, 0.717) is 11.4 Å². The molecule has 2 rings (SSSR count). The smallest absolute Gasteiger partial charge is 0.406 e. The number of aromatic nitrogens is 2. The Morgan fingerprint density at radius 2 is 1.89 bits per heavy atom. The molecule has 0 aliphatic rings. The van der Waals surface area contributed by atoms with E-state index in [1.807, 2.05) is 6.92 Å². The summed E-state index contributed by atoms with van der Waals surface area (Å²) in [6.07, 6.45) is -4.33. The Balaban J connectivity index is 2.16. The number of anilines is 2. The minimum Gasteiger partial charge on any atom is -0.530 e. The lowest BCUT2D eigenvalue weighted by atomic mass is 10.3. The summed E-state index contributed by atoms with van der Waals surface area (Å²) >= 11 is 1.08. The monoisotopic (exact) mass is 437 g/mol. The number of nitrogens with one attached hydrogen (secondary N) is 1. The maximum Gasteiger partial charge on any atom is 0.406 e. The molecule has 154 valence electrons. The van der Waals surface area contributed by atoms with Crippen molar-refractivity contribution in [2.24, 2.45) is 0 Å². The SMILES string of the molecule is CCCCc1nnc(NS(=O)(=O)c2ccc(N(CC(F)(F)F)C(=O)[O-])cc2)s1. The van der Waals surface area contributed by atoms with Crippen LogP contribution in [0.25, 0.3) is 0 Å². The topological polar surface area (TPSA) is 115 Å². The van der Waals surface area contributed by atoms with E-state index in [1.54, 1.807) is 0 Å². The van der Waals surface area contributed by atoms with Crippen LogP contribution in [0, 0.1) is 0 Å². The Labute approximate surface area is 163 Å². The Morgan fingerprint density at radius 3 is 2.43 bits per heavy atom. The molecule has 1 N–H and O–H groups in total. The predicted octanol–water partition coefficient (Wildman–Crippen LogP) is 2.39. The van der Waals surface area contributed by atoms with Crippen molar-refractivity contribution in [3.63, 3.8) is 0 Å². The number of rotatable bonds is 8. The highest BCUT2D eigenvalue weighted by molar-refractivity contribution is 7.93. The molecular weight excluding hydrogens is 421 g/mol. The molecule has 0 radical (unpaired) electrons. The summed E-state index contributed by atoms with van der Waals surface area (Å²) < 4.78 is 64.5. The predicted molar refractivity (Wildman–Crippen MR) is 94.6 cm³/mol. The number of hydrogen-bond donors (Lipinski definition) is 1. The number of carbonyl (C=O) groups is 1. The van der Waals surface area contributed by atoms with Crippen LogP contribution in [0.3, 0.4) is 0 Å². The molecule has 1 heterocycles. The second-order valence-electron chi connectivity index (χ2n) is 5.67. The van der Waals surface area contributed by atoms with Gasteiger partial charge >= 0.3 is 6.18 Å². The van der Waals surface area contributed by atoms with Crippen LogP contribution in [-0.2, 0) is 16.4 Å². The molecule has 0 saturated carbocycles. The Hall–Kier alpha value is -2.41. The lowest BCUT2D eigenvalue weighted by Crippen LogP contribution is -2.46. The van der Waals surface area contributed by atoms with Crippen molar-refractivity contribution < 1.29 is 31.5 Å². The molecule has 0 saturated heterocycles. The van der Waals surface area contributed by atoms with Gasteiger partial charge in [0.05, 0.1) is 4.90 Å². The number of carboxylic acid groups (broad SMARTS) is 1. The van der Waals surface area contributed by atoms with Gasteiger partial charge in [-0.1, -0.05) is 24.7 Å². The third-order valence-electron chi connectivity index (χ3n) is 3.45. The molecule has 28 heavy (non-hydrogen) atoms. The zero-order valence-electron chi connectivity index (χ0n) is 14.6. The number of benzene rings is 1. The molecule has 1 aromatic carbocycles. The van der Waals surface area contributed by atoms with Crippen molar-refractivity contribution in [1.29, 1.82) is 0 Å². The molecule has 1 amide bonds.